The van der Waals surface area contributed by atoms with Gasteiger partial charge in [-0.3, -0.25) is 0 Å². The monoisotopic (exact) mass is 301 g/mol. The Morgan fingerprint density at radius 3 is 2.37 bits per heavy atom. The van der Waals surface area contributed by atoms with Gasteiger partial charge in [-0.1, -0.05) is 18.2 Å². The Labute approximate surface area is 119 Å². The van der Waals surface area contributed by atoms with Crippen LogP contribution < -0.4 is 15.4 Å². The summed E-state index contributed by atoms with van der Waals surface area (Å²) < 4.78 is 24.9. The fraction of sp³-hybridized carbons (Fsp3) is 0.417. The lowest BCUT2D eigenvalue weighted by Crippen LogP contribution is -2.51. The number of rotatable bonds is 5. The fourth-order valence-electron chi connectivity index (χ4n) is 1.54. The molecule has 0 aliphatic heterocycles. The van der Waals surface area contributed by atoms with E-state index in [9.17, 15) is 8.42 Å². The summed E-state index contributed by atoms with van der Waals surface area (Å²) in [6, 6.07) is 9.52. The molecule has 19 heavy (non-hydrogen) atoms. The lowest BCUT2D eigenvalue weighted by atomic mass is 10.1. The second kappa shape index (κ2) is 6.31. The molecule has 0 fully saturated rings. The third kappa shape index (κ3) is 7.09. The summed E-state index contributed by atoms with van der Waals surface area (Å²) in [6.07, 6.45) is 1.13. The number of para-hydroxylation sites is 1. The molecular weight excluding hydrogens is 282 g/mol. The van der Waals surface area contributed by atoms with E-state index in [-0.39, 0.29) is 0 Å². The van der Waals surface area contributed by atoms with E-state index in [4.69, 9.17) is 12.2 Å². The second-order valence-electron chi connectivity index (χ2n) is 4.93. The van der Waals surface area contributed by atoms with Crippen LogP contribution in [0.15, 0.2) is 30.3 Å². The lowest BCUT2D eigenvalue weighted by Gasteiger charge is -2.26. The molecule has 0 aliphatic rings. The van der Waals surface area contributed by atoms with Gasteiger partial charge in [-0.15, -0.1) is 0 Å². The molecule has 0 amide bonds. The first kappa shape index (κ1) is 15.9. The molecular formula is C12H19N3O2S2. The maximum Gasteiger partial charge on any atom is 0.209 e. The van der Waals surface area contributed by atoms with Gasteiger partial charge in [-0.05, 0) is 38.2 Å². The third-order valence-electron chi connectivity index (χ3n) is 2.18. The van der Waals surface area contributed by atoms with Crippen molar-refractivity contribution in [3.05, 3.63) is 30.3 Å². The number of hydrogen-bond acceptors (Lipinski definition) is 3. The first-order valence-electron chi connectivity index (χ1n) is 5.77. The van der Waals surface area contributed by atoms with E-state index < -0.39 is 15.6 Å². The molecule has 1 rings (SSSR count). The predicted molar refractivity (Wildman–Crippen MR) is 82.7 cm³/mol. The van der Waals surface area contributed by atoms with Crippen molar-refractivity contribution >= 4 is 33.0 Å². The molecule has 0 atom stereocenters. The predicted octanol–water partition coefficient (Wildman–Crippen LogP) is 1.30. The Hall–Kier alpha value is -1.18. The fourth-order valence-corrected chi connectivity index (χ4v) is 2.80. The van der Waals surface area contributed by atoms with Crippen LogP contribution in [0.1, 0.15) is 13.8 Å². The van der Waals surface area contributed by atoms with Crippen molar-refractivity contribution in [3.8, 4) is 0 Å². The molecule has 1 aromatic rings. The average Bonchev–Trinajstić information content (AvgIpc) is 2.25. The van der Waals surface area contributed by atoms with Crippen LogP contribution in [0.2, 0.25) is 0 Å². The summed E-state index contributed by atoms with van der Waals surface area (Å²) in [5.74, 6) is 0. The topological polar surface area (TPSA) is 70.2 Å². The van der Waals surface area contributed by atoms with Gasteiger partial charge in [0.2, 0.25) is 10.0 Å². The molecule has 106 valence electrons. The highest BCUT2D eigenvalue weighted by atomic mass is 32.2. The van der Waals surface area contributed by atoms with E-state index in [0.29, 0.717) is 11.7 Å². The summed E-state index contributed by atoms with van der Waals surface area (Å²) in [6.45, 7) is 3.96. The normalized spacial score (nSPS) is 11.9. The van der Waals surface area contributed by atoms with E-state index in [2.05, 4.69) is 15.4 Å². The van der Waals surface area contributed by atoms with Crippen LogP contribution in [0, 0.1) is 0 Å². The summed E-state index contributed by atoms with van der Waals surface area (Å²) in [5.41, 5.74) is 0.268. The maximum atomic E-state index is 11.2. The molecule has 0 spiro atoms. The van der Waals surface area contributed by atoms with Crippen molar-refractivity contribution in [3.63, 3.8) is 0 Å². The van der Waals surface area contributed by atoms with Gasteiger partial charge >= 0.3 is 0 Å². The van der Waals surface area contributed by atoms with E-state index in [1.165, 1.54) is 0 Å². The van der Waals surface area contributed by atoms with Gasteiger partial charge in [0, 0.05) is 17.8 Å². The zero-order chi connectivity index (χ0) is 14.5. The van der Waals surface area contributed by atoms with E-state index in [1.807, 2.05) is 30.3 Å². The van der Waals surface area contributed by atoms with Gasteiger partial charge in [0.25, 0.3) is 0 Å². The van der Waals surface area contributed by atoms with Crippen LogP contribution in [-0.4, -0.2) is 31.9 Å². The van der Waals surface area contributed by atoms with Gasteiger partial charge < -0.3 is 10.6 Å². The number of hydrogen-bond donors (Lipinski definition) is 3. The SMILES string of the molecule is CC(C)(CNC(=S)Nc1ccccc1)NS(C)(=O)=O. The van der Waals surface area contributed by atoms with Crippen molar-refractivity contribution in [2.75, 3.05) is 18.1 Å². The van der Waals surface area contributed by atoms with Crippen molar-refractivity contribution < 1.29 is 8.42 Å². The summed E-state index contributed by atoms with van der Waals surface area (Å²) in [5, 5.41) is 6.46. The van der Waals surface area contributed by atoms with E-state index in [1.54, 1.807) is 13.8 Å². The maximum absolute atomic E-state index is 11.2. The molecule has 0 saturated carbocycles. The molecule has 7 heteroatoms. The van der Waals surface area contributed by atoms with Crippen LogP contribution in [0.25, 0.3) is 0 Å². The highest BCUT2D eigenvalue weighted by molar-refractivity contribution is 7.88. The van der Waals surface area contributed by atoms with Crippen LogP contribution in [0.5, 0.6) is 0 Å². The molecule has 0 aromatic heterocycles. The van der Waals surface area contributed by atoms with Crippen molar-refractivity contribution in [1.29, 1.82) is 0 Å². The Balaban J connectivity index is 2.46. The number of sulfonamides is 1. The molecule has 0 saturated heterocycles. The molecule has 0 bridgehead atoms. The molecule has 0 heterocycles. The molecule has 0 aliphatic carbocycles. The van der Waals surface area contributed by atoms with Gasteiger partial charge in [0.15, 0.2) is 5.11 Å². The molecule has 1 aromatic carbocycles. The smallest absolute Gasteiger partial charge is 0.209 e. The Morgan fingerprint density at radius 1 is 1.26 bits per heavy atom. The van der Waals surface area contributed by atoms with Crippen molar-refractivity contribution in [2.45, 2.75) is 19.4 Å². The van der Waals surface area contributed by atoms with Gasteiger partial charge in [0.1, 0.15) is 0 Å². The summed E-state index contributed by atoms with van der Waals surface area (Å²) in [4.78, 5) is 0. The largest absolute Gasteiger partial charge is 0.361 e. The highest BCUT2D eigenvalue weighted by Crippen LogP contribution is 2.05. The number of anilines is 1. The van der Waals surface area contributed by atoms with Gasteiger partial charge in [-0.25, -0.2) is 13.1 Å². The van der Waals surface area contributed by atoms with Gasteiger partial charge in [-0.2, -0.15) is 0 Å². The number of nitrogens with one attached hydrogen (secondary N) is 3. The average molecular weight is 301 g/mol. The molecule has 0 radical (unpaired) electrons. The first-order valence-corrected chi connectivity index (χ1v) is 8.07. The highest BCUT2D eigenvalue weighted by Gasteiger charge is 2.22. The Morgan fingerprint density at radius 2 is 1.84 bits per heavy atom. The zero-order valence-electron chi connectivity index (χ0n) is 11.2. The third-order valence-corrected chi connectivity index (χ3v) is 3.35. The first-order chi connectivity index (χ1) is 8.68. The van der Waals surface area contributed by atoms with Crippen molar-refractivity contribution in [1.82, 2.24) is 10.0 Å². The van der Waals surface area contributed by atoms with E-state index in [0.717, 1.165) is 11.9 Å². The zero-order valence-corrected chi connectivity index (χ0v) is 12.9. The molecule has 3 N–H and O–H groups in total. The van der Waals surface area contributed by atoms with Crippen LogP contribution >= 0.6 is 12.2 Å². The minimum Gasteiger partial charge on any atom is -0.361 e. The van der Waals surface area contributed by atoms with Gasteiger partial charge in [0.05, 0.1) is 6.26 Å². The summed E-state index contributed by atoms with van der Waals surface area (Å²) >= 11 is 5.15. The standard InChI is InChI=1S/C12H19N3O2S2/c1-12(2,15-19(3,16)17)9-13-11(18)14-10-7-5-4-6-8-10/h4-8,15H,9H2,1-3H3,(H2,13,14,18). The number of thiocarbonyl (C=S) groups is 1. The second-order valence-corrected chi connectivity index (χ2v) is 7.09. The van der Waals surface area contributed by atoms with Crippen LogP contribution in [0.3, 0.4) is 0 Å². The quantitative estimate of drug-likeness (QED) is 0.715. The van der Waals surface area contributed by atoms with E-state index >= 15 is 0 Å². The molecule has 5 nitrogen and oxygen atoms in total. The molecule has 0 unspecified atom stereocenters. The van der Waals surface area contributed by atoms with Crippen LogP contribution in [0.4, 0.5) is 5.69 Å². The minimum atomic E-state index is -3.24. The number of benzene rings is 1. The minimum absolute atomic E-state index is 0.388. The Bertz CT molecular complexity index is 527. The van der Waals surface area contributed by atoms with Crippen molar-refractivity contribution in [2.24, 2.45) is 0 Å². The summed E-state index contributed by atoms with van der Waals surface area (Å²) in [7, 11) is -3.24. The lowest BCUT2D eigenvalue weighted by molar-refractivity contribution is 0.449. The Kier molecular flexibility index (Phi) is 5.28. The van der Waals surface area contributed by atoms with Crippen LogP contribution in [-0.2, 0) is 10.0 Å².